The first-order valence-corrected chi connectivity index (χ1v) is 9.45. The van der Waals surface area contributed by atoms with Crippen molar-refractivity contribution < 1.29 is 19.4 Å². The predicted molar refractivity (Wildman–Crippen MR) is 113 cm³/mol. The molecule has 7 nitrogen and oxygen atoms in total. The minimum Gasteiger partial charge on any atom is -0.504 e. The van der Waals surface area contributed by atoms with Crippen molar-refractivity contribution in [3.63, 3.8) is 0 Å². The van der Waals surface area contributed by atoms with E-state index in [1.165, 1.54) is 31.5 Å². The van der Waals surface area contributed by atoms with Gasteiger partial charge in [0, 0.05) is 11.1 Å². The number of rotatable bonds is 7. The van der Waals surface area contributed by atoms with Gasteiger partial charge in [-0.2, -0.15) is 5.10 Å². The molecule has 3 N–H and O–H groups in total. The summed E-state index contributed by atoms with van der Waals surface area (Å²) in [6, 6.07) is 8.50. The van der Waals surface area contributed by atoms with E-state index in [9.17, 15) is 14.7 Å². The Labute approximate surface area is 178 Å². The first kappa shape index (κ1) is 22.5. The molecule has 2 amide bonds. The molecular formula is C20H21Cl2N3O4. The number of benzene rings is 2. The maximum absolute atomic E-state index is 12.5. The molecule has 1 unspecified atom stereocenters. The van der Waals surface area contributed by atoms with Crippen molar-refractivity contribution in [1.82, 2.24) is 10.7 Å². The molecule has 0 fully saturated rings. The maximum Gasteiger partial charge on any atom is 0.262 e. The second kappa shape index (κ2) is 10.1. The van der Waals surface area contributed by atoms with Crippen LogP contribution in [0.1, 0.15) is 29.8 Å². The number of halogens is 2. The number of carbonyl (C=O) groups excluding carboxylic acids is 2. The van der Waals surface area contributed by atoms with Crippen molar-refractivity contribution in [2.24, 2.45) is 11.0 Å². The fourth-order valence-corrected chi connectivity index (χ4v) is 2.74. The van der Waals surface area contributed by atoms with Gasteiger partial charge >= 0.3 is 0 Å². The number of carbonyl (C=O) groups is 2. The number of hydrazone groups is 1. The molecule has 154 valence electrons. The van der Waals surface area contributed by atoms with Gasteiger partial charge in [0.2, 0.25) is 0 Å². The SMILES string of the molecule is COc1cccc(C=NNC(=O)C(NC(=O)c2ccc(Cl)c(Cl)c2)C(C)C)c1O. The van der Waals surface area contributed by atoms with E-state index >= 15 is 0 Å². The Morgan fingerprint density at radius 1 is 1.17 bits per heavy atom. The highest BCUT2D eigenvalue weighted by atomic mass is 35.5. The highest BCUT2D eigenvalue weighted by Crippen LogP contribution is 2.28. The van der Waals surface area contributed by atoms with Crippen molar-refractivity contribution in [2.45, 2.75) is 19.9 Å². The average Bonchev–Trinajstić information content (AvgIpc) is 2.68. The molecule has 29 heavy (non-hydrogen) atoms. The standard InChI is InChI=1S/C20H21Cl2N3O4/c1-11(2)17(24-19(27)12-7-8-14(21)15(22)9-12)20(28)25-23-10-13-5-4-6-16(29-3)18(13)26/h4-11,17,26H,1-3H3,(H,24,27)(H,25,28). The van der Waals surface area contributed by atoms with E-state index in [0.717, 1.165) is 0 Å². The van der Waals surface area contributed by atoms with Gasteiger partial charge in [-0.05, 0) is 36.2 Å². The lowest BCUT2D eigenvalue weighted by Crippen LogP contribution is -2.48. The lowest BCUT2D eigenvalue weighted by Gasteiger charge is -2.20. The molecule has 0 aromatic heterocycles. The third-order valence-corrected chi connectivity index (χ3v) is 4.79. The van der Waals surface area contributed by atoms with E-state index in [1.54, 1.807) is 32.0 Å². The zero-order valence-electron chi connectivity index (χ0n) is 16.1. The molecule has 0 heterocycles. The summed E-state index contributed by atoms with van der Waals surface area (Å²) >= 11 is 11.8. The van der Waals surface area contributed by atoms with Crippen LogP contribution in [0.3, 0.4) is 0 Å². The van der Waals surface area contributed by atoms with Gasteiger partial charge in [0.25, 0.3) is 11.8 Å². The third kappa shape index (κ3) is 5.85. The van der Waals surface area contributed by atoms with Crippen LogP contribution in [0.4, 0.5) is 0 Å². The van der Waals surface area contributed by atoms with Crippen LogP contribution in [0.5, 0.6) is 11.5 Å². The number of hydrogen-bond acceptors (Lipinski definition) is 5. The summed E-state index contributed by atoms with van der Waals surface area (Å²) in [5.74, 6) is -0.989. The Balaban J connectivity index is 2.07. The van der Waals surface area contributed by atoms with Crippen LogP contribution >= 0.6 is 23.2 Å². The van der Waals surface area contributed by atoms with Gasteiger partial charge in [0.05, 0.1) is 23.4 Å². The summed E-state index contributed by atoms with van der Waals surface area (Å²) in [6.45, 7) is 3.58. The number of aromatic hydroxyl groups is 1. The Kier molecular flexibility index (Phi) is 7.87. The Morgan fingerprint density at radius 3 is 2.52 bits per heavy atom. The van der Waals surface area contributed by atoms with Crippen molar-refractivity contribution in [3.05, 3.63) is 57.6 Å². The van der Waals surface area contributed by atoms with E-state index < -0.39 is 17.9 Å². The van der Waals surface area contributed by atoms with Gasteiger partial charge in [0.1, 0.15) is 6.04 Å². The van der Waals surface area contributed by atoms with Crippen LogP contribution in [0.25, 0.3) is 0 Å². The summed E-state index contributed by atoms with van der Waals surface area (Å²) in [6.07, 6.45) is 1.29. The number of nitrogens with one attached hydrogen (secondary N) is 2. The van der Waals surface area contributed by atoms with Gasteiger partial charge in [-0.1, -0.05) is 43.1 Å². The predicted octanol–water partition coefficient (Wildman–Crippen LogP) is 3.61. The normalized spacial score (nSPS) is 12.1. The summed E-state index contributed by atoms with van der Waals surface area (Å²) in [5, 5.41) is 17.1. The molecule has 0 aliphatic rings. The lowest BCUT2D eigenvalue weighted by molar-refractivity contribution is -0.123. The van der Waals surface area contributed by atoms with Crippen molar-refractivity contribution in [3.8, 4) is 11.5 Å². The zero-order valence-corrected chi connectivity index (χ0v) is 17.6. The molecule has 2 rings (SSSR count). The quantitative estimate of drug-likeness (QED) is 0.454. The topological polar surface area (TPSA) is 100 Å². The molecule has 0 bridgehead atoms. The number of nitrogens with zero attached hydrogens (tertiary/aromatic N) is 1. The summed E-state index contributed by atoms with van der Waals surface area (Å²) in [4.78, 5) is 25.0. The number of phenols is 1. The van der Waals surface area contributed by atoms with Crippen LogP contribution in [0.2, 0.25) is 10.0 Å². The molecule has 2 aromatic carbocycles. The van der Waals surface area contributed by atoms with Gasteiger partial charge < -0.3 is 15.2 Å². The van der Waals surface area contributed by atoms with Gasteiger partial charge in [0.15, 0.2) is 11.5 Å². The highest BCUT2D eigenvalue weighted by Gasteiger charge is 2.24. The minimum absolute atomic E-state index is 0.0960. The summed E-state index contributed by atoms with van der Waals surface area (Å²) in [7, 11) is 1.43. The van der Waals surface area contributed by atoms with Crippen LogP contribution < -0.4 is 15.5 Å². The number of amides is 2. The van der Waals surface area contributed by atoms with Crippen molar-refractivity contribution >= 4 is 41.2 Å². The number of para-hydroxylation sites is 1. The number of ether oxygens (including phenoxy) is 1. The smallest absolute Gasteiger partial charge is 0.262 e. The largest absolute Gasteiger partial charge is 0.504 e. The Hall–Kier alpha value is -2.77. The molecule has 0 spiro atoms. The first-order valence-electron chi connectivity index (χ1n) is 8.69. The highest BCUT2D eigenvalue weighted by molar-refractivity contribution is 6.42. The molecule has 0 aliphatic carbocycles. The molecule has 0 saturated heterocycles. The van der Waals surface area contributed by atoms with Crippen molar-refractivity contribution in [2.75, 3.05) is 7.11 Å². The van der Waals surface area contributed by atoms with E-state index in [1.807, 2.05) is 0 Å². The molecule has 2 aromatic rings. The average molecular weight is 438 g/mol. The minimum atomic E-state index is -0.840. The molecule has 0 aliphatic heterocycles. The molecule has 1 atom stereocenters. The fourth-order valence-electron chi connectivity index (χ4n) is 2.44. The molecular weight excluding hydrogens is 417 g/mol. The second-order valence-electron chi connectivity index (χ2n) is 6.46. The third-order valence-electron chi connectivity index (χ3n) is 4.05. The maximum atomic E-state index is 12.5. The molecule has 9 heteroatoms. The summed E-state index contributed by atoms with van der Waals surface area (Å²) in [5.41, 5.74) is 3.02. The Bertz CT molecular complexity index is 932. The van der Waals surface area contributed by atoms with Gasteiger partial charge in [-0.25, -0.2) is 5.43 Å². The van der Waals surface area contributed by atoms with Crippen LogP contribution in [-0.4, -0.2) is 36.3 Å². The van der Waals surface area contributed by atoms with Crippen LogP contribution in [0.15, 0.2) is 41.5 Å². The Morgan fingerprint density at radius 2 is 1.90 bits per heavy atom. The molecule has 0 saturated carbocycles. The van der Waals surface area contributed by atoms with Crippen LogP contribution in [0, 0.1) is 5.92 Å². The zero-order chi connectivity index (χ0) is 21.6. The monoisotopic (exact) mass is 437 g/mol. The van der Waals surface area contributed by atoms with Gasteiger partial charge in [-0.3, -0.25) is 9.59 Å². The van der Waals surface area contributed by atoms with E-state index in [0.29, 0.717) is 10.6 Å². The van der Waals surface area contributed by atoms with Gasteiger partial charge in [-0.15, -0.1) is 0 Å². The molecule has 0 radical (unpaired) electrons. The van der Waals surface area contributed by atoms with E-state index in [4.69, 9.17) is 27.9 Å². The number of phenolic OH excluding ortho intramolecular Hbond substituents is 1. The van der Waals surface area contributed by atoms with E-state index in [-0.39, 0.29) is 28.0 Å². The number of methoxy groups -OCH3 is 1. The number of hydrogen-bond donors (Lipinski definition) is 3. The summed E-state index contributed by atoms with van der Waals surface area (Å²) < 4.78 is 5.02. The lowest BCUT2D eigenvalue weighted by atomic mass is 10.0. The first-order chi connectivity index (χ1) is 13.7. The van der Waals surface area contributed by atoms with Crippen LogP contribution in [-0.2, 0) is 4.79 Å². The van der Waals surface area contributed by atoms with Crippen molar-refractivity contribution in [1.29, 1.82) is 0 Å². The van der Waals surface area contributed by atoms with E-state index in [2.05, 4.69) is 15.8 Å². The fraction of sp³-hybridized carbons (Fsp3) is 0.250. The second-order valence-corrected chi connectivity index (χ2v) is 7.27.